The highest BCUT2D eigenvalue weighted by atomic mass is 35.5. The predicted molar refractivity (Wildman–Crippen MR) is 85.9 cm³/mol. The number of hydrogen-bond acceptors (Lipinski definition) is 2. The van der Waals surface area contributed by atoms with Gasteiger partial charge in [-0.25, -0.2) is 0 Å². The molecule has 3 atom stereocenters. The molecule has 2 nitrogen and oxygen atoms in total. The number of hydrogen-bond donors (Lipinski definition) is 2. The summed E-state index contributed by atoms with van der Waals surface area (Å²) in [5, 5.41) is 14.2. The van der Waals surface area contributed by atoms with Crippen LogP contribution in [-0.4, -0.2) is 5.11 Å². The number of rotatable bonds is 1. The van der Waals surface area contributed by atoms with Crippen molar-refractivity contribution in [1.29, 1.82) is 0 Å². The summed E-state index contributed by atoms with van der Waals surface area (Å²) in [7, 11) is 0. The van der Waals surface area contributed by atoms with Crippen LogP contribution >= 0.6 is 11.6 Å². The molecule has 3 unspecified atom stereocenters. The Kier molecular flexibility index (Phi) is 2.93. The molecule has 2 aromatic rings. The molecule has 0 fully saturated rings. The maximum atomic E-state index is 9.76. The lowest BCUT2D eigenvalue weighted by atomic mass is 9.77. The normalized spacial score (nSPS) is 26.0. The Balaban J connectivity index is 1.80. The second-order valence-electron chi connectivity index (χ2n) is 5.80. The number of nitrogens with one attached hydrogen (secondary N) is 1. The van der Waals surface area contributed by atoms with Crippen LogP contribution < -0.4 is 5.32 Å². The summed E-state index contributed by atoms with van der Waals surface area (Å²) in [5.74, 6) is 1.16. The van der Waals surface area contributed by atoms with Crippen molar-refractivity contribution in [3.05, 3.63) is 70.8 Å². The summed E-state index contributed by atoms with van der Waals surface area (Å²) in [5.41, 5.74) is 3.51. The van der Waals surface area contributed by atoms with E-state index in [1.165, 1.54) is 11.1 Å². The smallest absolute Gasteiger partial charge is 0.116 e. The first-order valence-corrected chi connectivity index (χ1v) is 7.62. The highest BCUT2D eigenvalue weighted by Gasteiger charge is 2.37. The van der Waals surface area contributed by atoms with Crippen molar-refractivity contribution >= 4 is 17.3 Å². The molecule has 0 aromatic heterocycles. The van der Waals surface area contributed by atoms with Gasteiger partial charge in [-0.2, -0.15) is 0 Å². The topological polar surface area (TPSA) is 32.3 Å². The van der Waals surface area contributed by atoms with Crippen molar-refractivity contribution < 1.29 is 5.11 Å². The zero-order valence-electron chi connectivity index (χ0n) is 11.5. The fraction of sp³-hybridized carbons (Fsp3) is 0.222. The molecule has 0 saturated carbocycles. The van der Waals surface area contributed by atoms with Gasteiger partial charge in [0.2, 0.25) is 0 Å². The van der Waals surface area contributed by atoms with E-state index in [0.29, 0.717) is 17.6 Å². The first-order chi connectivity index (χ1) is 10.2. The Morgan fingerprint density at radius 3 is 2.90 bits per heavy atom. The van der Waals surface area contributed by atoms with Crippen LogP contribution in [0, 0.1) is 5.92 Å². The third-order valence-corrected chi connectivity index (χ3v) is 4.79. The number of fused-ring (bicyclic) bond motifs is 3. The van der Waals surface area contributed by atoms with E-state index >= 15 is 0 Å². The van der Waals surface area contributed by atoms with Crippen LogP contribution in [0.4, 0.5) is 5.69 Å². The van der Waals surface area contributed by atoms with Crippen LogP contribution in [0.5, 0.6) is 5.75 Å². The lowest BCUT2D eigenvalue weighted by Gasteiger charge is -2.37. The zero-order valence-corrected chi connectivity index (χ0v) is 12.2. The number of phenolic OH excluding ortho intramolecular Hbond substituents is 1. The molecule has 1 heterocycles. The molecule has 2 aliphatic rings. The lowest BCUT2D eigenvalue weighted by Crippen LogP contribution is -2.28. The monoisotopic (exact) mass is 297 g/mol. The second-order valence-corrected chi connectivity index (χ2v) is 6.24. The van der Waals surface area contributed by atoms with E-state index in [4.69, 9.17) is 11.6 Å². The SMILES string of the molecule is Oc1ccc2c(c1)C1C=CCC1C(c1cccc(Cl)c1)N2. The van der Waals surface area contributed by atoms with Gasteiger partial charge in [-0.05, 0) is 53.8 Å². The number of anilines is 1. The molecule has 0 radical (unpaired) electrons. The first kappa shape index (κ1) is 12.8. The lowest BCUT2D eigenvalue weighted by molar-refractivity contribution is 0.421. The molecule has 21 heavy (non-hydrogen) atoms. The molecule has 0 amide bonds. The summed E-state index contributed by atoms with van der Waals surface area (Å²) in [6.45, 7) is 0. The van der Waals surface area contributed by atoms with Crippen molar-refractivity contribution in [2.24, 2.45) is 5.92 Å². The Bertz CT molecular complexity index is 725. The van der Waals surface area contributed by atoms with Crippen molar-refractivity contribution in [3.63, 3.8) is 0 Å². The minimum Gasteiger partial charge on any atom is -0.508 e. The van der Waals surface area contributed by atoms with Crippen LogP contribution in [0.1, 0.15) is 29.5 Å². The Labute approximate surface area is 129 Å². The van der Waals surface area contributed by atoms with Crippen molar-refractivity contribution in [3.8, 4) is 5.75 Å². The minimum absolute atomic E-state index is 0.251. The molecule has 2 aromatic carbocycles. The highest BCUT2D eigenvalue weighted by molar-refractivity contribution is 6.30. The van der Waals surface area contributed by atoms with Gasteiger partial charge in [0.1, 0.15) is 5.75 Å². The van der Waals surface area contributed by atoms with Gasteiger partial charge in [-0.1, -0.05) is 35.9 Å². The van der Waals surface area contributed by atoms with E-state index in [1.807, 2.05) is 30.3 Å². The van der Waals surface area contributed by atoms with Crippen LogP contribution in [0.2, 0.25) is 5.02 Å². The van der Waals surface area contributed by atoms with Crippen LogP contribution in [-0.2, 0) is 0 Å². The average molecular weight is 298 g/mol. The maximum Gasteiger partial charge on any atom is 0.116 e. The molecule has 4 rings (SSSR count). The summed E-state index contributed by atoms with van der Waals surface area (Å²) in [4.78, 5) is 0. The summed E-state index contributed by atoms with van der Waals surface area (Å²) >= 11 is 6.15. The summed E-state index contributed by atoms with van der Waals surface area (Å²) < 4.78 is 0. The molecule has 0 spiro atoms. The van der Waals surface area contributed by atoms with Gasteiger partial charge in [0.05, 0.1) is 6.04 Å². The number of phenols is 1. The van der Waals surface area contributed by atoms with Crippen molar-refractivity contribution in [2.75, 3.05) is 5.32 Å². The van der Waals surface area contributed by atoms with Gasteiger partial charge < -0.3 is 10.4 Å². The molecule has 106 valence electrons. The molecular weight excluding hydrogens is 282 g/mol. The minimum atomic E-state index is 0.251. The molecule has 0 saturated heterocycles. The van der Waals surface area contributed by atoms with E-state index < -0.39 is 0 Å². The van der Waals surface area contributed by atoms with Gasteiger partial charge in [-0.3, -0.25) is 0 Å². The number of halogens is 1. The Hall–Kier alpha value is -1.93. The van der Waals surface area contributed by atoms with Gasteiger partial charge >= 0.3 is 0 Å². The molecule has 1 aliphatic carbocycles. The summed E-state index contributed by atoms with van der Waals surface area (Å²) in [6, 6.07) is 13.9. The largest absolute Gasteiger partial charge is 0.508 e. The first-order valence-electron chi connectivity index (χ1n) is 7.24. The maximum absolute atomic E-state index is 9.76. The zero-order chi connectivity index (χ0) is 14.4. The van der Waals surface area contributed by atoms with Gasteiger partial charge in [0.15, 0.2) is 0 Å². The third kappa shape index (κ3) is 2.11. The van der Waals surface area contributed by atoms with Crippen LogP contribution in [0.3, 0.4) is 0 Å². The second kappa shape index (κ2) is 4.81. The van der Waals surface area contributed by atoms with E-state index in [2.05, 4.69) is 23.5 Å². The Morgan fingerprint density at radius 2 is 2.05 bits per heavy atom. The fourth-order valence-corrected chi connectivity index (χ4v) is 3.81. The fourth-order valence-electron chi connectivity index (χ4n) is 3.61. The summed E-state index contributed by atoms with van der Waals surface area (Å²) in [6.07, 6.45) is 5.55. The molecule has 2 N–H and O–H groups in total. The highest BCUT2D eigenvalue weighted by Crippen LogP contribution is 2.50. The number of benzene rings is 2. The quantitative estimate of drug-likeness (QED) is 0.581. The van der Waals surface area contributed by atoms with Crippen LogP contribution in [0.25, 0.3) is 0 Å². The van der Waals surface area contributed by atoms with Gasteiger partial charge in [0, 0.05) is 16.6 Å². The standard InChI is InChI=1S/C18H16ClNO/c19-12-4-1-3-11(9-12)18-15-6-2-5-14(15)16-10-13(21)7-8-17(16)20-18/h1-5,7-10,14-15,18,20-21H,6H2. The van der Waals surface area contributed by atoms with E-state index in [0.717, 1.165) is 17.1 Å². The Morgan fingerprint density at radius 1 is 1.14 bits per heavy atom. The van der Waals surface area contributed by atoms with Gasteiger partial charge in [0.25, 0.3) is 0 Å². The number of aromatic hydroxyl groups is 1. The van der Waals surface area contributed by atoms with Crippen molar-refractivity contribution in [1.82, 2.24) is 0 Å². The van der Waals surface area contributed by atoms with E-state index in [-0.39, 0.29) is 6.04 Å². The van der Waals surface area contributed by atoms with Crippen LogP contribution in [0.15, 0.2) is 54.6 Å². The predicted octanol–water partition coefficient (Wildman–Crippen LogP) is 4.87. The molecule has 1 aliphatic heterocycles. The van der Waals surface area contributed by atoms with E-state index in [9.17, 15) is 5.11 Å². The average Bonchev–Trinajstić information content (AvgIpc) is 2.96. The van der Waals surface area contributed by atoms with Crippen molar-refractivity contribution in [2.45, 2.75) is 18.4 Å². The van der Waals surface area contributed by atoms with E-state index in [1.54, 1.807) is 6.07 Å². The number of allylic oxidation sites excluding steroid dienone is 2. The molecule has 3 heteroatoms. The molecular formula is C18H16ClNO. The van der Waals surface area contributed by atoms with Gasteiger partial charge in [-0.15, -0.1) is 0 Å². The third-order valence-electron chi connectivity index (χ3n) is 4.55. The molecule has 0 bridgehead atoms.